The maximum absolute atomic E-state index is 12.6. The topological polar surface area (TPSA) is 54.9 Å². The van der Waals surface area contributed by atoms with E-state index in [2.05, 4.69) is 16.4 Å². The molecule has 1 N–H and O–H groups in total. The van der Waals surface area contributed by atoms with E-state index in [1.807, 2.05) is 18.3 Å². The van der Waals surface area contributed by atoms with Crippen molar-refractivity contribution < 1.29 is 4.79 Å². The van der Waals surface area contributed by atoms with Crippen molar-refractivity contribution in [3.63, 3.8) is 0 Å². The van der Waals surface area contributed by atoms with Crippen molar-refractivity contribution in [2.24, 2.45) is 5.92 Å². The first-order valence-electron chi connectivity index (χ1n) is 9.64. The summed E-state index contributed by atoms with van der Waals surface area (Å²) in [5.74, 6) is 0.299. The lowest BCUT2D eigenvalue weighted by molar-refractivity contribution is -0.125. The van der Waals surface area contributed by atoms with Gasteiger partial charge < -0.3 is 5.32 Å². The summed E-state index contributed by atoms with van der Waals surface area (Å²) in [5.41, 5.74) is 3.75. The number of hydrogen-bond donors (Lipinski definition) is 1. The summed E-state index contributed by atoms with van der Waals surface area (Å²) < 4.78 is 0. The summed E-state index contributed by atoms with van der Waals surface area (Å²) in [6.07, 6.45) is 14.7. The molecule has 1 atom stereocenters. The van der Waals surface area contributed by atoms with Crippen molar-refractivity contribution in [3.05, 3.63) is 46.7 Å². The fourth-order valence-corrected chi connectivity index (χ4v) is 5.01. The van der Waals surface area contributed by atoms with Gasteiger partial charge in [0, 0.05) is 35.3 Å². The van der Waals surface area contributed by atoms with E-state index in [0.29, 0.717) is 0 Å². The van der Waals surface area contributed by atoms with Crippen LogP contribution in [0, 0.1) is 5.92 Å². The minimum atomic E-state index is 0.0880. The molecule has 0 spiro atoms. The Morgan fingerprint density at radius 3 is 3.08 bits per heavy atom. The van der Waals surface area contributed by atoms with Crippen LogP contribution in [0.25, 0.3) is 10.6 Å². The number of aryl methyl sites for hydroxylation is 1. The number of aromatic nitrogens is 2. The molecular weight excluding hydrogens is 342 g/mol. The van der Waals surface area contributed by atoms with Crippen LogP contribution in [0.2, 0.25) is 0 Å². The van der Waals surface area contributed by atoms with Gasteiger partial charge in [0.25, 0.3) is 0 Å². The SMILES string of the molecule is O=C(NCCC1=CCCCC1)C1CCc2nc(-c3cccnc3)sc2C1. The molecule has 0 saturated heterocycles. The molecule has 1 unspecified atom stereocenters. The van der Waals surface area contributed by atoms with Gasteiger partial charge in [-0.2, -0.15) is 0 Å². The Labute approximate surface area is 158 Å². The van der Waals surface area contributed by atoms with Gasteiger partial charge in [-0.05, 0) is 63.5 Å². The van der Waals surface area contributed by atoms with Crippen molar-refractivity contribution in [1.29, 1.82) is 0 Å². The van der Waals surface area contributed by atoms with Gasteiger partial charge in [0.15, 0.2) is 0 Å². The van der Waals surface area contributed by atoms with E-state index in [9.17, 15) is 4.79 Å². The first-order valence-corrected chi connectivity index (χ1v) is 10.5. The number of pyridine rings is 1. The smallest absolute Gasteiger partial charge is 0.223 e. The second-order valence-corrected chi connectivity index (χ2v) is 8.30. The molecule has 5 heteroatoms. The number of carbonyl (C=O) groups excluding carboxylic acids is 1. The van der Waals surface area contributed by atoms with E-state index in [-0.39, 0.29) is 11.8 Å². The number of allylic oxidation sites excluding steroid dienone is 1. The van der Waals surface area contributed by atoms with E-state index < -0.39 is 0 Å². The minimum absolute atomic E-state index is 0.0880. The van der Waals surface area contributed by atoms with Crippen LogP contribution in [0.15, 0.2) is 36.2 Å². The lowest BCUT2D eigenvalue weighted by Gasteiger charge is -2.21. The van der Waals surface area contributed by atoms with Gasteiger partial charge in [0.2, 0.25) is 5.91 Å². The average Bonchev–Trinajstić information content (AvgIpc) is 3.13. The van der Waals surface area contributed by atoms with Crippen LogP contribution in [-0.4, -0.2) is 22.4 Å². The number of amides is 1. The summed E-state index contributed by atoms with van der Waals surface area (Å²) in [6.45, 7) is 0.775. The second kappa shape index (κ2) is 8.12. The summed E-state index contributed by atoms with van der Waals surface area (Å²) in [7, 11) is 0. The van der Waals surface area contributed by atoms with Crippen molar-refractivity contribution in [2.75, 3.05) is 6.54 Å². The Morgan fingerprint density at radius 2 is 2.27 bits per heavy atom. The molecule has 2 aliphatic carbocycles. The molecule has 2 aromatic rings. The molecule has 0 saturated carbocycles. The predicted molar refractivity (Wildman–Crippen MR) is 105 cm³/mol. The van der Waals surface area contributed by atoms with Crippen molar-refractivity contribution in [2.45, 2.75) is 51.4 Å². The predicted octanol–water partition coefficient (Wildman–Crippen LogP) is 4.32. The molecule has 0 fully saturated rings. The minimum Gasteiger partial charge on any atom is -0.356 e. The molecule has 2 aromatic heterocycles. The van der Waals surface area contributed by atoms with E-state index in [1.54, 1.807) is 17.5 Å². The Balaban J connectivity index is 1.33. The van der Waals surface area contributed by atoms with Crippen LogP contribution in [-0.2, 0) is 17.6 Å². The highest BCUT2D eigenvalue weighted by Gasteiger charge is 2.27. The number of hydrogen-bond acceptors (Lipinski definition) is 4. The van der Waals surface area contributed by atoms with Gasteiger partial charge in [-0.3, -0.25) is 9.78 Å². The standard InChI is InChI=1S/C21H25N3OS/c25-20(23-12-10-15-5-2-1-3-6-15)16-8-9-18-19(13-16)26-21(24-18)17-7-4-11-22-14-17/h4-5,7,11,14,16H,1-3,6,8-10,12-13H2,(H,23,25). The third-order valence-corrected chi connectivity index (χ3v) is 6.52. The maximum atomic E-state index is 12.6. The molecule has 4 nitrogen and oxygen atoms in total. The van der Waals surface area contributed by atoms with Gasteiger partial charge in [-0.1, -0.05) is 11.6 Å². The molecule has 26 heavy (non-hydrogen) atoms. The molecule has 1 amide bonds. The highest BCUT2D eigenvalue weighted by molar-refractivity contribution is 7.15. The Kier molecular flexibility index (Phi) is 5.44. The fraction of sp³-hybridized carbons (Fsp3) is 0.476. The van der Waals surface area contributed by atoms with Crippen molar-refractivity contribution in [3.8, 4) is 10.6 Å². The summed E-state index contributed by atoms with van der Waals surface area (Å²) in [4.78, 5) is 22.8. The van der Waals surface area contributed by atoms with Crippen LogP contribution >= 0.6 is 11.3 Å². The van der Waals surface area contributed by atoms with Crippen molar-refractivity contribution >= 4 is 17.2 Å². The van der Waals surface area contributed by atoms with Crippen LogP contribution < -0.4 is 5.32 Å². The third kappa shape index (κ3) is 4.04. The summed E-state index contributed by atoms with van der Waals surface area (Å²) >= 11 is 1.72. The Morgan fingerprint density at radius 1 is 1.31 bits per heavy atom. The largest absolute Gasteiger partial charge is 0.356 e. The van der Waals surface area contributed by atoms with Gasteiger partial charge in [0.1, 0.15) is 5.01 Å². The first kappa shape index (κ1) is 17.4. The van der Waals surface area contributed by atoms with Crippen LogP contribution in [0.4, 0.5) is 0 Å². The quantitative estimate of drug-likeness (QED) is 0.801. The molecular formula is C21H25N3OS. The first-order chi connectivity index (χ1) is 12.8. The normalized spacial score (nSPS) is 19.5. The number of rotatable bonds is 5. The van der Waals surface area contributed by atoms with Gasteiger partial charge in [-0.15, -0.1) is 11.3 Å². The molecule has 2 aliphatic rings. The average molecular weight is 368 g/mol. The monoisotopic (exact) mass is 367 g/mol. The van der Waals surface area contributed by atoms with E-state index in [1.165, 1.54) is 41.8 Å². The molecule has 2 heterocycles. The number of nitrogens with zero attached hydrogens (tertiary/aromatic N) is 2. The van der Waals surface area contributed by atoms with Crippen molar-refractivity contribution in [1.82, 2.24) is 15.3 Å². The lowest BCUT2D eigenvalue weighted by atomic mass is 9.90. The number of carbonyl (C=O) groups is 1. The van der Waals surface area contributed by atoms with E-state index in [4.69, 9.17) is 4.98 Å². The molecule has 136 valence electrons. The lowest BCUT2D eigenvalue weighted by Crippen LogP contribution is -2.34. The number of nitrogens with one attached hydrogen (secondary N) is 1. The molecule has 4 rings (SSSR count). The number of fused-ring (bicyclic) bond motifs is 1. The van der Waals surface area contributed by atoms with Gasteiger partial charge in [0.05, 0.1) is 5.69 Å². The highest BCUT2D eigenvalue weighted by Crippen LogP contribution is 2.34. The van der Waals surface area contributed by atoms with Crippen LogP contribution in [0.3, 0.4) is 0 Å². The zero-order chi connectivity index (χ0) is 17.8. The Hall–Kier alpha value is -2.01. The molecule has 0 radical (unpaired) electrons. The summed E-state index contributed by atoms with van der Waals surface area (Å²) in [6, 6.07) is 3.98. The van der Waals surface area contributed by atoms with E-state index in [0.717, 1.165) is 42.8 Å². The highest BCUT2D eigenvalue weighted by atomic mass is 32.1. The third-order valence-electron chi connectivity index (χ3n) is 5.35. The second-order valence-electron chi connectivity index (χ2n) is 7.22. The Bertz CT molecular complexity index is 797. The van der Waals surface area contributed by atoms with Crippen LogP contribution in [0.5, 0.6) is 0 Å². The fourth-order valence-electron chi connectivity index (χ4n) is 3.83. The molecule has 0 aliphatic heterocycles. The summed E-state index contributed by atoms with van der Waals surface area (Å²) in [5, 5.41) is 4.19. The van der Waals surface area contributed by atoms with Gasteiger partial charge >= 0.3 is 0 Å². The van der Waals surface area contributed by atoms with E-state index >= 15 is 0 Å². The maximum Gasteiger partial charge on any atom is 0.223 e. The van der Waals surface area contributed by atoms with Crippen LogP contribution in [0.1, 0.15) is 49.1 Å². The molecule has 0 bridgehead atoms. The number of thiazole rings is 1. The molecule has 0 aromatic carbocycles. The zero-order valence-electron chi connectivity index (χ0n) is 15.0. The van der Waals surface area contributed by atoms with Gasteiger partial charge in [-0.25, -0.2) is 4.98 Å². The zero-order valence-corrected chi connectivity index (χ0v) is 15.9.